The number of fused-ring (bicyclic) bond motifs is 2. The van der Waals surface area contributed by atoms with Gasteiger partial charge in [0.1, 0.15) is 6.04 Å². The summed E-state index contributed by atoms with van der Waals surface area (Å²) in [7, 11) is 0. The maximum Gasteiger partial charge on any atom is 0.407 e. The second kappa shape index (κ2) is 13.3. The summed E-state index contributed by atoms with van der Waals surface area (Å²) in [5.41, 5.74) is 0.712. The van der Waals surface area contributed by atoms with Crippen molar-refractivity contribution in [3.63, 3.8) is 0 Å². The first-order valence-corrected chi connectivity index (χ1v) is 16.1. The monoisotopic (exact) mass is 584 g/mol. The molecule has 4 rings (SSSR count). The van der Waals surface area contributed by atoms with Crippen LogP contribution in [0.25, 0.3) is 0 Å². The van der Waals surface area contributed by atoms with Gasteiger partial charge in [-0.05, 0) is 86.4 Å². The van der Waals surface area contributed by atoms with Crippen molar-refractivity contribution in [2.45, 2.75) is 111 Å². The highest BCUT2D eigenvalue weighted by atomic mass is 16.6. The first-order chi connectivity index (χ1) is 20.0. The zero-order chi connectivity index (χ0) is 30.4. The molecule has 0 aliphatic heterocycles. The molecular formula is C34H52N2O6. The van der Waals surface area contributed by atoms with Gasteiger partial charge in [-0.1, -0.05) is 39.8 Å². The third kappa shape index (κ3) is 6.60. The number of carbonyl (C=O) groups excluding carboxylic acids is 3. The molecule has 1 unspecified atom stereocenters. The Balaban J connectivity index is 1.14. The third-order valence-corrected chi connectivity index (χ3v) is 11.8. The van der Waals surface area contributed by atoms with Crippen molar-refractivity contribution in [2.75, 3.05) is 26.4 Å². The van der Waals surface area contributed by atoms with Crippen molar-refractivity contribution in [3.8, 4) is 11.8 Å². The fourth-order valence-electron chi connectivity index (χ4n) is 8.26. The molecule has 4 aliphatic carbocycles. The normalized spacial score (nSPS) is 35.9. The number of hydrogen-bond donors (Lipinski definition) is 2. The van der Waals surface area contributed by atoms with Crippen LogP contribution in [0.4, 0.5) is 9.59 Å². The van der Waals surface area contributed by atoms with Crippen molar-refractivity contribution < 1.29 is 28.6 Å². The van der Waals surface area contributed by atoms with Crippen LogP contribution < -0.4 is 10.6 Å². The standard InChI is InChI=1S/C34H52N2O6/c1-6-40-28(37)25(36-30(39)42-24-27-33(4)20-14-9-10-15-21-34(27,33)5)17-11-16-22-35-29(38)41-23-26-31(2)18-12-7-8-13-19-32(26,31)3/h7-8,25-27H,6,11-24H2,1-5H3,(H,35,38)(H,36,39)/b8-7-/t25-,26-,27?,31+,32-,33-,34+/m1/s1. The van der Waals surface area contributed by atoms with Crippen molar-refractivity contribution in [1.29, 1.82) is 0 Å². The summed E-state index contributed by atoms with van der Waals surface area (Å²) in [5.74, 6) is 6.67. The Morgan fingerprint density at radius 3 is 1.86 bits per heavy atom. The summed E-state index contributed by atoms with van der Waals surface area (Å²) < 4.78 is 16.4. The summed E-state index contributed by atoms with van der Waals surface area (Å²) in [4.78, 5) is 37.6. The molecule has 2 N–H and O–H groups in total. The topological polar surface area (TPSA) is 103 Å². The van der Waals surface area contributed by atoms with Crippen LogP contribution in [0.2, 0.25) is 0 Å². The first-order valence-electron chi connectivity index (χ1n) is 16.1. The van der Waals surface area contributed by atoms with Gasteiger partial charge in [0, 0.05) is 31.2 Å². The van der Waals surface area contributed by atoms with E-state index in [0.717, 1.165) is 51.4 Å². The van der Waals surface area contributed by atoms with Gasteiger partial charge in [-0.2, -0.15) is 0 Å². The van der Waals surface area contributed by atoms with E-state index in [2.05, 4.69) is 62.3 Å². The highest BCUT2D eigenvalue weighted by Gasteiger charge is 2.70. The lowest BCUT2D eigenvalue weighted by molar-refractivity contribution is -0.145. The molecule has 0 aromatic rings. The van der Waals surface area contributed by atoms with Gasteiger partial charge in [0.25, 0.3) is 0 Å². The average molecular weight is 585 g/mol. The number of amides is 2. The van der Waals surface area contributed by atoms with Crippen molar-refractivity contribution in [2.24, 2.45) is 33.5 Å². The van der Waals surface area contributed by atoms with Gasteiger partial charge in [0.2, 0.25) is 0 Å². The lowest BCUT2D eigenvalue weighted by Crippen LogP contribution is -2.42. The van der Waals surface area contributed by atoms with Crippen molar-refractivity contribution in [1.82, 2.24) is 10.6 Å². The molecule has 42 heavy (non-hydrogen) atoms. The molecule has 0 aromatic heterocycles. The SMILES string of the molecule is CCOC(=O)[C@@H](CCCCNC(=O)OC[C@@H]1[C@]2(C)CC/C=C\CC[C@]12C)NC(=O)OCC1[C@]2(C)CCC#CCC[C@]12C. The minimum atomic E-state index is -0.792. The number of nitrogens with one attached hydrogen (secondary N) is 2. The van der Waals surface area contributed by atoms with Crippen molar-refractivity contribution >= 4 is 18.2 Å². The maximum absolute atomic E-state index is 12.7. The van der Waals surface area contributed by atoms with Crippen LogP contribution >= 0.6 is 0 Å². The third-order valence-electron chi connectivity index (χ3n) is 11.8. The Hall–Kier alpha value is -2.69. The molecule has 2 fully saturated rings. The van der Waals surface area contributed by atoms with Crippen LogP contribution in [0, 0.1) is 45.3 Å². The molecule has 2 saturated carbocycles. The number of ether oxygens (including phenoxy) is 3. The van der Waals surface area contributed by atoms with Gasteiger partial charge < -0.3 is 24.8 Å². The van der Waals surface area contributed by atoms with Crippen LogP contribution in [-0.4, -0.2) is 50.6 Å². The molecule has 234 valence electrons. The number of esters is 1. The summed E-state index contributed by atoms with van der Waals surface area (Å²) in [6.07, 6.45) is 13.4. The predicted molar refractivity (Wildman–Crippen MR) is 161 cm³/mol. The largest absolute Gasteiger partial charge is 0.464 e. The molecule has 8 nitrogen and oxygen atoms in total. The number of rotatable bonds is 12. The minimum absolute atomic E-state index is 0.125. The van der Waals surface area contributed by atoms with E-state index >= 15 is 0 Å². The molecule has 0 bridgehead atoms. The summed E-state index contributed by atoms with van der Waals surface area (Å²) in [6, 6.07) is -0.792. The maximum atomic E-state index is 12.7. The molecule has 0 saturated heterocycles. The fourth-order valence-corrected chi connectivity index (χ4v) is 8.26. The molecule has 0 spiro atoms. The van der Waals surface area contributed by atoms with Crippen molar-refractivity contribution in [3.05, 3.63) is 12.2 Å². The van der Waals surface area contributed by atoms with E-state index in [1.807, 2.05) is 0 Å². The van der Waals surface area contributed by atoms with E-state index in [1.165, 1.54) is 0 Å². The highest BCUT2D eigenvalue weighted by molar-refractivity contribution is 5.81. The zero-order valence-electron chi connectivity index (χ0n) is 26.4. The molecular weight excluding hydrogens is 532 g/mol. The Morgan fingerprint density at radius 1 is 0.786 bits per heavy atom. The van der Waals surface area contributed by atoms with Crippen LogP contribution in [0.1, 0.15) is 105 Å². The Kier molecular flexibility index (Phi) is 10.2. The predicted octanol–water partition coefficient (Wildman–Crippen LogP) is 6.53. The molecule has 0 aromatic carbocycles. The van der Waals surface area contributed by atoms with E-state index in [0.29, 0.717) is 44.9 Å². The van der Waals surface area contributed by atoms with Crippen LogP contribution in [0.15, 0.2) is 12.2 Å². The second-order valence-electron chi connectivity index (χ2n) is 13.7. The molecule has 7 atom stereocenters. The molecule has 2 amide bonds. The average Bonchev–Trinajstić information content (AvgIpc) is 3.59. The number of allylic oxidation sites excluding steroid dienone is 2. The Bertz CT molecular complexity index is 1050. The van der Waals surface area contributed by atoms with E-state index in [9.17, 15) is 14.4 Å². The molecule has 4 aliphatic rings. The number of unbranched alkanes of at least 4 members (excludes halogenated alkanes) is 1. The van der Waals surface area contributed by atoms with Gasteiger partial charge >= 0.3 is 18.2 Å². The number of alkyl carbamates (subject to hydrolysis) is 2. The van der Waals surface area contributed by atoms with Gasteiger partial charge in [-0.25, -0.2) is 14.4 Å². The van der Waals surface area contributed by atoms with Gasteiger partial charge in [0.15, 0.2) is 0 Å². The number of carbonyl (C=O) groups is 3. The summed E-state index contributed by atoms with van der Waals surface area (Å²) in [6.45, 7) is 12.4. The summed E-state index contributed by atoms with van der Waals surface area (Å²) in [5, 5.41) is 5.55. The Morgan fingerprint density at radius 2 is 1.31 bits per heavy atom. The van der Waals surface area contributed by atoms with Crippen LogP contribution in [-0.2, 0) is 19.0 Å². The lowest BCUT2D eigenvalue weighted by atomic mass is 9.86. The van der Waals surface area contributed by atoms with Gasteiger partial charge in [0.05, 0.1) is 19.8 Å². The fraction of sp³-hybridized carbons (Fsp3) is 0.794. The van der Waals surface area contributed by atoms with Gasteiger partial charge in [-0.15, -0.1) is 11.8 Å². The van der Waals surface area contributed by atoms with Crippen LogP contribution in [0.5, 0.6) is 0 Å². The quantitative estimate of drug-likeness (QED) is 0.0889. The van der Waals surface area contributed by atoms with Gasteiger partial charge in [-0.3, -0.25) is 0 Å². The Labute approximate surface area is 252 Å². The lowest BCUT2D eigenvalue weighted by Gasteiger charge is -2.18. The number of hydrogen-bond acceptors (Lipinski definition) is 6. The zero-order valence-corrected chi connectivity index (χ0v) is 26.4. The molecule has 0 heterocycles. The van der Waals surface area contributed by atoms with E-state index in [1.54, 1.807) is 6.92 Å². The van der Waals surface area contributed by atoms with E-state index in [-0.39, 0.29) is 34.2 Å². The second-order valence-corrected chi connectivity index (χ2v) is 13.7. The smallest absolute Gasteiger partial charge is 0.407 e. The highest BCUT2D eigenvalue weighted by Crippen LogP contribution is 2.74. The van der Waals surface area contributed by atoms with Crippen LogP contribution in [0.3, 0.4) is 0 Å². The molecule has 0 radical (unpaired) electrons. The van der Waals surface area contributed by atoms with E-state index in [4.69, 9.17) is 14.2 Å². The molecule has 8 heteroatoms. The minimum Gasteiger partial charge on any atom is -0.464 e. The van der Waals surface area contributed by atoms with E-state index < -0.39 is 24.2 Å². The first kappa shape index (κ1) is 32.2. The summed E-state index contributed by atoms with van der Waals surface area (Å²) >= 11 is 0.